The van der Waals surface area contributed by atoms with Crippen molar-refractivity contribution in [3.05, 3.63) is 145 Å². The maximum atomic E-state index is 6.33. The Morgan fingerprint density at radius 2 is 0.875 bits per heavy atom. The summed E-state index contributed by atoms with van der Waals surface area (Å²) in [5.74, 6) is 0. The molecule has 0 bridgehead atoms. The molecule has 8 rings (SSSR count). The van der Waals surface area contributed by atoms with Gasteiger partial charge in [0.05, 0.1) is 0 Å². The van der Waals surface area contributed by atoms with Crippen molar-refractivity contribution >= 4 is 43.5 Å². The molecule has 1 nitrogen and oxygen atoms in total. The number of benzene rings is 7. The van der Waals surface area contributed by atoms with E-state index in [-0.39, 0.29) is 0 Å². The molecule has 0 spiro atoms. The Morgan fingerprint density at radius 3 is 1.55 bits per heavy atom. The van der Waals surface area contributed by atoms with Crippen molar-refractivity contribution < 1.29 is 4.42 Å². The highest BCUT2D eigenvalue weighted by Gasteiger charge is 2.18. The third-order valence-corrected chi connectivity index (χ3v) is 8.23. The lowest BCUT2D eigenvalue weighted by Crippen LogP contribution is -1.92. The van der Waals surface area contributed by atoms with E-state index in [9.17, 15) is 0 Å². The summed E-state index contributed by atoms with van der Waals surface area (Å²) < 4.78 is 6.33. The molecule has 0 saturated heterocycles. The van der Waals surface area contributed by atoms with E-state index in [2.05, 4.69) is 134 Å². The smallest absolute Gasteiger partial charge is 0.143 e. The molecule has 1 heteroatoms. The third-order valence-electron chi connectivity index (χ3n) is 8.23. The fourth-order valence-corrected chi connectivity index (χ4v) is 6.37. The number of fused-ring (bicyclic) bond motifs is 5. The summed E-state index contributed by atoms with van der Waals surface area (Å²) in [6.45, 7) is 2.20. The molecule has 8 aromatic rings. The van der Waals surface area contributed by atoms with Gasteiger partial charge in [-0.1, -0.05) is 133 Å². The van der Waals surface area contributed by atoms with Crippen LogP contribution < -0.4 is 0 Å². The maximum Gasteiger partial charge on any atom is 0.143 e. The van der Waals surface area contributed by atoms with E-state index in [1.165, 1.54) is 49.4 Å². The first-order valence-electron chi connectivity index (χ1n) is 13.8. The van der Waals surface area contributed by atoms with E-state index < -0.39 is 0 Å². The summed E-state index contributed by atoms with van der Waals surface area (Å²) in [4.78, 5) is 0. The second-order valence-corrected chi connectivity index (χ2v) is 10.5. The van der Waals surface area contributed by atoms with Gasteiger partial charge in [-0.05, 0) is 67.9 Å². The van der Waals surface area contributed by atoms with Gasteiger partial charge < -0.3 is 4.42 Å². The van der Waals surface area contributed by atoms with Gasteiger partial charge in [-0.3, -0.25) is 0 Å². The molecule has 1 aromatic heterocycles. The van der Waals surface area contributed by atoms with Crippen LogP contribution in [0.4, 0.5) is 0 Å². The van der Waals surface area contributed by atoms with Crippen molar-refractivity contribution in [2.45, 2.75) is 6.92 Å². The number of rotatable bonds is 3. The highest BCUT2D eigenvalue weighted by Crippen LogP contribution is 2.45. The van der Waals surface area contributed by atoms with Gasteiger partial charge in [-0.25, -0.2) is 0 Å². The van der Waals surface area contributed by atoms with Gasteiger partial charge in [-0.2, -0.15) is 0 Å². The van der Waals surface area contributed by atoms with Crippen molar-refractivity contribution in [3.8, 4) is 33.4 Å². The number of furan rings is 1. The van der Waals surface area contributed by atoms with Gasteiger partial charge in [-0.15, -0.1) is 0 Å². The van der Waals surface area contributed by atoms with Crippen LogP contribution in [0.1, 0.15) is 5.56 Å². The minimum absolute atomic E-state index is 0.924. The van der Waals surface area contributed by atoms with Crippen molar-refractivity contribution in [1.29, 1.82) is 0 Å². The Balaban J connectivity index is 1.35. The molecule has 0 atom stereocenters. The van der Waals surface area contributed by atoms with Crippen LogP contribution >= 0.6 is 0 Å². The topological polar surface area (TPSA) is 13.1 Å². The summed E-state index contributed by atoms with van der Waals surface area (Å²) in [6.07, 6.45) is 0. The molecule has 0 unspecified atom stereocenters. The molecule has 0 N–H and O–H groups in total. The van der Waals surface area contributed by atoms with Crippen molar-refractivity contribution in [3.63, 3.8) is 0 Å². The van der Waals surface area contributed by atoms with Crippen LogP contribution in [0.15, 0.2) is 144 Å². The zero-order valence-electron chi connectivity index (χ0n) is 22.2. The molecule has 0 aliphatic heterocycles. The van der Waals surface area contributed by atoms with E-state index >= 15 is 0 Å². The third kappa shape index (κ3) is 3.41. The first-order chi connectivity index (χ1) is 19.8. The quantitative estimate of drug-likeness (QED) is 0.215. The lowest BCUT2D eigenvalue weighted by molar-refractivity contribution is 0.670. The Morgan fingerprint density at radius 1 is 0.375 bits per heavy atom. The Bertz CT molecular complexity index is 2160. The number of para-hydroxylation sites is 2. The lowest BCUT2D eigenvalue weighted by Gasteiger charge is -2.19. The Labute approximate surface area is 232 Å². The Kier molecular flexibility index (Phi) is 5.11. The average Bonchev–Trinajstić information content (AvgIpc) is 3.40. The van der Waals surface area contributed by atoms with Gasteiger partial charge in [0, 0.05) is 16.3 Å². The molecule has 0 aliphatic carbocycles. The molecule has 0 radical (unpaired) electrons. The first-order valence-corrected chi connectivity index (χ1v) is 13.8. The first kappa shape index (κ1) is 22.8. The van der Waals surface area contributed by atoms with Crippen molar-refractivity contribution in [1.82, 2.24) is 0 Å². The van der Waals surface area contributed by atoms with Gasteiger partial charge >= 0.3 is 0 Å². The minimum atomic E-state index is 0.924. The molecule has 0 saturated carbocycles. The van der Waals surface area contributed by atoms with E-state index in [1.807, 2.05) is 12.1 Å². The lowest BCUT2D eigenvalue weighted by atomic mass is 9.85. The summed E-state index contributed by atoms with van der Waals surface area (Å²) in [6, 6.07) is 50.1. The van der Waals surface area contributed by atoms with Crippen molar-refractivity contribution in [2.75, 3.05) is 0 Å². The predicted octanol–water partition coefficient (Wildman–Crippen LogP) is 11.2. The second kappa shape index (κ2) is 8.97. The number of hydrogen-bond acceptors (Lipinski definition) is 1. The van der Waals surface area contributed by atoms with Gasteiger partial charge in [0.25, 0.3) is 0 Å². The predicted molar refractivity (Wildman–Crippen MR) is 170 cm³/mol. The second-order valence-electron chi connectivity index (χ2n) is 10.5. The van der Waals surface area contributed by atoms with E-state index in [0.717, 1.165) is 33.1 Å². The van der Waals surface area contributed by atoms with Crippen LogP contribution in [0.25, 0.3) is 76.9 Å². The van der Waals surface area contributed by atoms with Crippen molar-refractivity contribution in [2.24, 2.45) is 0 Å². The molecule has 0 fully saturated rings. The average molecular weight is 511 g/mol. The fraction of sp³-hybridized carbons (Fsp3) is 0.0256. The number of hydrogen-bond donors (Lipinski definition) is 0. The molecule has 0 aliphatic rings. The molecule has 7 aromatic carbocycles. The van der Waals surface area contributed by atoms with Crippen LogP contribution in [-0.4, -0.2) is 0 Å². The van der Waals surface area contributed by atoms with Gasteiger partial charge in [0.15, 0.2) is 0 Å². The molecule has 1 heterocycles. The molecule has 40 heavy (non-hydrogen) atoms. The number of aryl methyl sites for hydroxylation is 1. The zero-order valence-corrected chi connectivity index (χ0v) is 22.2. The van der Waals surface area contributed by atoms with Crippen LogP contribution in [0, 0.1) is 6.92 Å². The van der Waals surface area contributed by atoms with E-state index in [4.69, 9.17) is 4.42 Å². The van der Waals surface area contributed by atoms with Crippen LogP contribution in [-0.2, 0) is 0 Å². The van der Waals surface area contributed by atoms with Crippen LogP contribution in [0.3, 0.4) is 0 Å². The zero-order chi connectivity index (χ0) is 26.6. The molecule has 188 valence electrons. The van der Waals surface area contributed by atoms with Crippen LogP contribution in [0.2, 0.25) is 0 Å². The fourth-order valence-electron chi connectivity index (χ4n) is 6.37. The molecular weight excluding hydrogens is 484 g/mol. The van der Waals surface area contributed by atoms with E-state index in [0.29, 0.717) is 0 Å². The highest BCUT2D eigenvalue weighted by atomic mass is 16.3. The molecular formula is C39H26O. The molecule has 0 amide bonds. The summed E-state index contributed by atoms with van der Waals surface area (Å²) >= 11 is 0. The Hall–Kier alpha value is -5.14. The summed E-state index contributed by atoms with van der Waals surface area (Å²) in [5.41, 5.74) is 10.5. The largest absolute Gasteiger partial charge is 0.455 e. The highest BCUT2D eigenvalue weighted by molar-refractivity contribution is 6.21. The van der Waals surface area contributed by atoms with Gasteiger partial charge in [0.1, 0.15) is 11.2 Å². The van der Waals surface area contributed by atoms with Crippen LogP contribution in [0.5, 0.6) is 0 Å². The SMILES string of the molecule is Cc1ccccc1-c1c2ccccc2c(-c2ccc(-c3cccc4c3oc3ccccc34)cc2)c2ccccc12. The maximum absolute atomic E-state index is 6.33. The van der Waals surface area contributed by atoms with E-state index in [1.54, 1.807) is 0 Å². The monoisotopic (exact) mass is 510 g/mol. The summed E-state index contributed by atoms with van der Waals surface area (Å²) in [7, 11) is 0. The standard InChI is InChI=1S/C39H26O/c1-25-11-2-3-12-28(25)38-33-16-6-4-14-31(33)37(32-15-5-7-17-34(32)38)27-23-21-26(22-24-27)29-18-10-19-35-30-13-8-9-20-36(30)40-39(29)35/h2-24H,1H3. The minimum Gasteiger partial charge on any atom is -0.455 e. The normalized spacial score (nSPS) is 11.6. The van der Waals surface area contributed by atoms with Gasteiger partial charge in [0.2, 0.25) is 0 Å². The summed E-state index contributed by atoms with van der Waals surface area (Å²) in [5, 5.41) is 7.41.